The highest BCUT2D eigenvalue weighted by molar-refractivity contribution is 5.82. The summed E-state index contributed by atoms with van der Waals surface area (Å²) in [6.07, 6.45) is -0.701. The molecule has 2 saturated heterocycles. The molecule has 3 atom stereocenters. The summed E-state index contributed by atoms with van der Waals surface area (Å²) in [5, 5.41) is 11.9. The van der Waals surface area contributed by atoms with Crippen LogP contribution in [0.5, 0.6) is 0 Å². The molecule has 4 rings (SSSR count). The van der Waals surface area contributed by atoms with Crippen molar-refractivity contribution in [1.29, 1.82) is 0 Å². The molecule has 2 amide bonds. The highest BCUT2D eigenvalue weighted by Gasteiger charge is 2.57. The SMILES string of the molecule is CC(C(=O)N1CCC(O)(CN2CCN(c3ccccn3)CC2=O)C2(CCCC2)C1)C(F)C(F)F. The summed E-state index contributed by atoms with van der Waals surface area (Å²) in [7, 11) is 0. The molecule has 3 unspecified atom stereocenters. The minimum atomic E-state index is -3.21. The number of aromatic nitrogens is 1. The van der Waals surface area contributed by atoms with Crippen molar-refractivity contribution in [3.8, 4) is 0 Å². The van der Waals surface area contributed by atoms with E-state index >= 15 is 0 Å². The zero-order valence-electron chi connectivity index (χ0n) is 19.5. The van der Waals surface area contributed by atoms with Crippen LogP contribution in [0.4, 0.5) is 19.0 Å². The van der Waals surface area contributed by atoms with E-state index in [0.29, 0.717) is 25.9 Å². The van der Waals surface area contributed by atoms with E-state index in [2.05, 4.69) is 4.98 Å². The van der Waals surface area contributed by atoms with Crippen LogP contribution < -0.4 is 4.90 Å². The summed E-state index contributed by atoms with van der Waals surface area (Å²) in [5.41, 5.74) is -1.82. The molecule has 2 aliphatic heterocycles. The van der Waals surface area contributed by atoms with Crippen LogP contribution in [0.3, 0.4) is 0 Å². The molecule has 34 heavy (non-hydrogen) atoms. The number of piperazine rings is 1. The second-order valence-electron chi connectivity index (χ2n) is 10.0. The van der Waals surface area contributed by atoms with Gasteiger partial charge in [0.2, 0.25) is 11.8 Å². The number of halogens is 3. The number of hydrogen-bond acceptors (Lipinski definition) is 5. The summed E-state index contributed by atoms with van der Waals surface area (Å²) in [6.45, 7) is 2.94. The molecular formula is C24H33F3N4O3. The maximum Gasteiger partial charge on any atom is 0.270 e. The number of rotatable bonds is 6. The Morgan fingerprint density at radius 1 is 1.15 bits per heavy atom. The molecule has 0 bridgehead atoms. The van der Waals surface area contributed by atoms with Crippen molar-refractivity contribution >= 4 is 17.6 Å². The number of piperidine rings is 1. The normalized spacial score (nSPS) is 26.9. The van der Waals surface area contributed by atoms with Gasteiger partial charge < -0.3 is 19.8 Å². The third kappa shape index (κ3) is 4.61. The van der Waals surface area contributed by atoms with Crippen LogP contribution in [0.1, 0.15) is 39.0 Å². The number of amides is 2. The molecule has 1 spiro atoms. The van der Waals surface area contributed by atoms with Gasteiger partial charge in [0.05, 0.1) is 24.6 Å². The van der Waals surface area contributed by atoms with Crippen LogP contribution in [0, 0.1) is 11.3 Å². The lowest BCUT2D eigenvalue weighted by Gasteiger charge is -2.54. The standard InChI is InChI=1S/C24H33F3N4O3/c1-17(20(25)21(26)27)22(33)31-11-9-24(34,23(15-31)7-3-4-8-23)16-30-13-12-29(14-19(30)32)18-6-2-5-10-28-18/h2,5-6,10,17,20-21,34H,3-4,7-9,11-16H2,1H3. The molecule has 7 nitrogen and oxygen atoms in total. The zero-order chi connectivity index (χ0) is 24.5. The van der Waals surface area contributed by atoms with Gasteiger partial charge in [-0.2, -0.15) is 0 Å². The van der Waals surface area contributed by atoms with Crippen molar-refractivity contribution in [2.45, 2.75) is 57.2 Å². The van der Waals surface area contributed by atoms with Gasteiger partial charge in [-0.3, -0.25) is 9.59 Å². The lowest BCUT2D eigenvalue weighted by atomic mass is 9.65. The number of carbonyl (C=O) groups is 2. The fourth-order valence-electron chi connectivity index (χ4n) is 5.86. The van der Waals surface area contributed by atoms with Gasteiger partial charge in [0, 0.05) is 37.8 Å². The van der Waals surface area contributed by atoms with Crippen LogP contribution in [-0.4, -0.2) is 89.2 Å². The fraction of sp³-hybridized carbons (Fsp3) is 0.708. The lowest BCUT2D eigenvalue weighted by Crippen LogP contribution is -2.66. The van der Waals surface area contributed by atoms with Gasteiger partial charge in [-0.1, -0.05) is 25.8 Å². The maximum absolute atomic E-state index is 13.9. The van der Waals surface area contributed by atoms with Gasteiger partial charge in [0.25, 0.3) is 6.43 Å². The topological polar surface area (TPSA) is 77.0 Å². The van der Waals surface area contributed by atoms with E-state index in [-0.39, 0.29) is 38.5 Å². The van der Waals surface area contributed by atoms with E-state index in [1.54, 1.807) is 11.1 Å². The van der Waals surface area contributed by atoms with Gasteiger partial charge >= 0.3 is 0 Å². The molecule has 0 radical (unpaired) electrons. The number of hydrogen-bond donors (Lipinski definition) is 1. The number of alkyl halides is 3. The molecule has 1 aromatic heterocycles. The second kappa shape index (κ2) is 9.71. The lowest BCUT2D eigenvalue weighted by molar-refractivity contribution is -0.171. The van der Waals surface area contributed by atoms with Crippen LogP contribution >= 0.6 is 0 Å². The molecule has 1 N–H and O–H groups in total. The predicted molar refractivity (Wildman–Crippen MR) is 120 cm³/mol. The molecule has 1 saturated carbocycles. The Kier molecular flexibility index (Phi) is 7.07. The zero-order valence-corrected chi connectivity index (χ0v) is 19.5. The molecule has 10 heteroatoms. The molecule has 1 aliphatic carbocycles. The van der Waals surface area contributed by atoms with E-state index in [1.807, 2.05) is 23.1 Å². The largest absolute Gasteiger partial charge is 0.387 e. The van der Waals surface area contributed by atoms with Gasteiger partial charge in [0.1, 0.15) is 5.82 Å². The van der Waals surface area contributed by atoms with Crippen molar-refractivity contribution in [2.75, 3.05) is 44.2 Å². The minimum Gasteiger partial charge on any atom is -0.387 e. The van der Waals surface area contributed by atoms with Crippen LogP contribution in [0.25, 0.3) is 0 Å². The van der Waals surface area contributed by atoms with E-state index in [4.69, 9.17) is 0 Å². The van der Waals surface area contributed by atoms with Gasteiger partial charge in [-0.05, 0) is 31.4 Å². The third-order valence-corrected chi connectivity index (χ3v) is 8.00. The third-order valence-electron chi connectivity index (χ3n) is 8.00. The number of nitrogens with zero attached hydrogens (tertiary/aromatic N) is 4. The number of likely N-dealkylation sites (tertiary alicyclic amines) is 1. The minimum absolute atomic E-state index is 0.0946. The van der Waals surface area contributed by atoms with Gasteiger partial charge in [-0.15, -0.1) is 0 Å². The summed E-state index contributed by atoms with van der Waals surface area (Å²) in [6, 6.07) is 5.54. The molecule has 1 aromatic rings. The van der Waals surface area contributed by atoms with Crippen LogP contribution in [0.15, 0.2) is 24.4 Å². The first kappa shape index (κ1) is 24.8. The first-order valence-electron chi connectivity index (χ1n) is 12.0. The van der Waals surface area contributed by atoms with Crippen LogP contribution in [-0.2, 0) is 9.59 Å². The number of aliphatic hydroxyl groups is 1. The average molecular weight is 483 g/mol. The molecule has 3 heterocycles. The Morgan fingerprint density at radius 3 is 2.50 bits per heavy atom. The molecule has 3 fully saturated rings. The van der Waals surface area contributed by atoms with Crippen molar-refractivity contribution in [3.05, 3.63) is 24.4 Å². The molecular weight excluding hydrogens is 449 g/mol. The summed E-state index contributed by atoms with van der Waals surface area (Å²) >= 11 is 0. The van der Waals surface area contributed by atoms with Gasteiger partial charge in [0.15, 0.2) is 6.17 Å². The Morgan fingerprint density at radius 2 is 1.88 bits per heavy atom. The van der Waals surface area contributed by atoms with E-state index in [9.17, 15) is 27.9 Å². The number of β-amino-alcohol motifs (C(OH)–C–C–N with tert-alkyl or cyclic N) is 1. The van der Waals surface area contributed by atoms with E-state index in [1.165, 1.54) is 11.8 Å². The van der Waals surface area contributed by atoms with Crippen molar-refractivity contribution in [3.63, 3.8) is 0 Å². The smallest absolute Gasteiger partial charge is 0.270 e. The summed E-state index contributed by atoms with van der Waals surface area (Å²) < 4.78 is 39.5. The maximum atomic E-state index is 13.9. The summed E-state index contributed by atoms with van der Waals surface area (Å²) in [4.78, 5) is 35.1. The first-order valence-corrected chi connectivity index (χ1v) is 12.0. The number of anilines is 1. The Bertz CT molecular complexity index is 883. The monoisotopic (exact) mass is 482 g/mol. The predicted octanol–water partition coefficient (Wildman–Crippen LogP) is 2.49. The molecule has 188 valence electrons. The molecule has 3 aliphatic rings. The highest BCUT2D eigenvalue weighted by atomic mass is 19.3. The van der Waals surface area contributed by atoms with E-state index in [0.717, 1.165) is 18.7 Å². The van der Waals surface area contributed by atoms with Crippen molar-refractivity contribution < 1.29 is 27.9 Å². The number of pyridine rings is 1. The Hall–Kier alpha value is -2.36. The van der Waals surface area contributed by atoms with E-state index < -0.39 is 35.4 Å². The quantitative estimate of drug-likeness (QED) is 0.674. The Labute approximate surface area is 197 Å². The van der Waals surface area contributed by atoms with Crippen molar-refractivity contribution in [1.82, 2.24) is 14.8 Å². The Balaban J connectivity index is 1.45. The average Bonchev–Trinajstić information content (AvgIpc) is 3.31. The number of carbonyl (C=O) groups excluding carboxylic acids is 2. The van der Waals surface area contributed by atoms with Gasteiger partial charge in [-0.25, -0.2) is 18.2 Å². The molecule has 0 aromatic carbocycles. The fourth-order valence-corrected chi connectivity index (χ4v) is 5.86. The van der Waals surface area contributed by atoms with Crippen molar-refractivity contribution in [2.24, 2.45) is 11.3 Å². The van der Waals surface area contributed by atoms with Crippen LogP contribution in [0.2, 0.25) is 0 Å². The highest BCUT2D eigenvalue weighted by Crippen LogP contribution is 2.51. The first-order chi connectivity index (χ1) is 16.2. The summed E-state index contributed by atoms with van der Waals surface area (Å²) in [5.74, 6) is -1.44. The second-order valence-corrected chi connectivity index (χ2v) is 10.0.